The molecule has 0 spiro atoms. The van der Waals surface area contributed by atoms with Crippen LogP contribution in [0.1, 0.15) is 25.3 Å². The van der Waals surface area contributed by atoms with Crippen molar-refractivity contribution in [2.75, 3.05) is 13.7 Å². The normalized spacial score (nSPS) is 20.9. The Labute approximate surface area is 108 Å². The van der Waals surface area contributed by atoms with E-state index in [4.69, 9.17) is 9.47 Å². The minimum Gasteiger partial charge on any atom is -0.504 e. The zero-order valence-corrected chi connectivity index (χ0v) is 11.0. The molecule has 0 bridgehead atoms. The minimum atomic E-state index is 0.182. The first-order chi connectivity index (χ1) is 8.70. The van der Waals surface area contributed by atoms with Crippen LogP contribution in [0.25, 0.3) is 0 Å². The smallest absolute Gasteiger partial charge is 0.160 e. The van der Waals surface area contributed by atoms with E-state index in [9.17, 15) is 5.11 Å². The molecule has 0 amide bonds. The van der Waals surface area contributed by atoms with Gasteiger partial charge in [0.2, 0.25) is 0 Å². The molecule has 2 atom stereocenters. The number of methoxy groups -OCH3 is 1. The monoisotopic (exact) mass is 251 g/mol. The SMILES string of the molecule is COc1ccc(CNC(C)C2CCCO2)cc1O. The van der Waals surface area contributed by atoms with Gasteiger partial charge in [-0.05, 0) is 37.5 Å². The van der Waals surface area contributed by atoms with Crippen molar-refractivity contribution < 1.29 is 14.6 Å². The van der Waals surface area contributed by atoms with E-state index < -0.39 is 0 Å². The highest BCUT2D eigenvalue weighted by molar-refractivity contribution is 5.41. The molecule has 0 aliphatic carbocycles. The lowest BCUT2D eigenvalue weighted by Crippen LogP contribution is -2.36. The van der Waals surface area contributed by atoms with Crippen molar-refractivity contribution in [3.8, 4) is 11.5 Å². The quantitative estimate of drug-likeness (QED) is 0.841. The second-order valence-corrected chi connectivity index (χ2v) is 4.73. The van der Waals surface area contributed by atoms with Crippen molar-refractivity contribution >= 4 is 0 Å². The van der Waals surface area contributed by atoms with Gasteiger partial charge >= 0.3 is 0 Å². The van der Waals surface area contributed by atoms with Crippen LogP contribution in [0.4, 0.5) is 0 Å². The molecule has 1 aliphatic heterocycles. The number of aromatic hydroxyl groups is 1. The van der Waals surface area contributed by atoms with E-state index in [0.717, 1.165) is 31.6 Å². The van der Waals surface area contributed by atoms with Crippen LogP contribution in [0.15, 0.2) is 18.2 Å². The zero-order chi connectivity index (χ0) is 13.0. The molecule has 0 aromatic heterocycles. The number of rotatable bonds is 5. The predicted octanol–water partition coefficient (Wildman–Crippen LogP) is 2.06. The fourth-order valence-corrected chi connectivity index (χ4v) is 2.25. The van der Waals surface area contributed by atoms with Crippen molar-refractivity contribution in [3.63, 3.8) is 0 Å². The molecule has 1 saturated heterocycles. The summed E-state index contributed by atoms with van der Waals surface area (Å²) in [6, 6.07) is 5.79. The molecule has 1 aliphatic rings. The minimum absolute atomic E-state index is 0.182. The van der Waals surface area contributed by atoms with Crippen LogP contribution in [0.5, 0.6) is 11.5 Å². The Bertz CT molecular complexity index is 389. The Kier molecular flexibility index (Phi) is 4.44. The third-order valence-corrected chi connectivity index (χ3v) is 3.39. The van der Waals surface area contributed by atoms with Gasteiger partial charge < -0.3 is 19.9 Å². The van der Waals surface area contributed by atoms with E-state index in [1.165, 1.54) is 0 Å². The van der Waals surface area contributed by atoms with Gasteiger partial charge in [0, 0.05) is 19.2 Å². The third-order valence-electron chi connectivity index (χ3n) is 3.39. The van der Waals surface area contributed by atoms with Gasteiger partial charge in [0.1, 0.15) is 0 Å². The number of hydrogen-bond acceptors (Lipinski definition) is 4. The molecule has 1 heterocycles. The molecule has 1 aromatic carbocycles. The maximum Gasteiger partial charge on any atom is 0.160 e. The standard InChI is InChI=1S/C14H21NO3/c1-10(13-4-3-7-18-13)15-9-11-5-6-14(17-2)12(16)8-11/h5-6,8,10,13,15-16H,3-4,7,9H2,1-2H3. The molecular formula is C14H21NO3. The molecule has 0 saturated carbocycles. The van der Waals surface area contributed by atoms with Gasteiger partial charge in [-0.2, -0.15) is 0 Å². The number of phenols is 1. The summed E-state index contributed by atoms with van der Waals surface area (Å²) in [7, 11) is 1.55. The number of phenolic OH excluding ortho intramolecular Hbond substituents is 1. The average Bonchev–Trinajstić information content (AvgIpc) is 2.90. The third kappa shape index (κ3) is 3.15. The molecule has 1 fully saturated rings. The number of ether oxygens (including phenoxy) is 2. The molecule has 0 radical (unpaired) electrons. The first-order valence-corrected chi connectivity index (χ1v) is 6.41. The first kappa shape index (κ1) is 13.2. The summed E-state index contributed by atoms with van der Waals surface area (Å²) in [5.74, 6) is 0.687. The molecule has 4 heteroatoms. The van der Waals surface area contributed by atoms with E-state index in [1.54, 1.807) is 19.2 Å². The maximum absolute atomic E-state index is 9.69. The summed E-state index contributed by atoms with van der Waals surface area (Å²) in [6.07, 6.45) is 2.60. The van der Waals surface area contributed by atoms with Crippen LogP contribution in [0, 0.1) is 0 Å². The van der Waals surface area contributed by atoms with E-state index in [1.807, 2.05) is 6.07 Å². The average molecular weight is 251 g/mol. The fraction of sp³-hybridized carbons (Fsp3) is 0.571. The van der Waals surface area contributed by atoms with E-state index in [2.05, 4.69) is 12.2 Å². The summed E-state index contributed by atoms with van der Waals surface area (Å²) in [5.41, 5.74) is 1.04. The molecule has 4 nitrogen and oxygen atoms in total. The Hall–Kier alpha value is -1.26. The molecule has 1 aromatic rings. The van der Waals surface area contributed by atoms with Crippen LogP contribution < -0.4 is 10.1 Å². The zero-order valence-electron chi connectivity index (χ0n) is 11.0. The molecular weight excluding hydrogens is 230 g/mol. The number of hydrogen-bond donors (Lipinski definition) is 2. The van der Waals surface area contributed by atoms with Gasteiger partial charge in [-0.15, -0.1) is 0 Å². The summed E-state index contributed by atoms with van der Waals surface area (Å²) in [4.78, 5) is 0. The van der Waals surface area contributed by atoms with E-state index in [0.29, 0.717) is 17.9 Å². The van der Waals surface area contributed by atoms with Crippen LogP contribution in [0.3, 0.4) is 0 Å². The molecule has 2 unspecified atom stereocenters. The topological polar surface area (TPSA) is 50.7 Å². The van der Waals surface area contributed by atoms with Crippen LogP contribution >= 0.6 is 0 Å². The van der Waals surface area contributed by atoms with Crippen LogP contribution in [-0.4, -0.2) is 31.0 Å². The van der Waals surface area contributed by atoms with Crippen molar-refractivity contribution in [3.05, 3.63) is 23.8 Å². The summed E-state index contributed by atoms with van der Waals surface area (Å²) < 4.78 is 10.6. The molecule has 100 valence electrons. The lowest BCUT2D eigenvalue weighted by atomic mass is 10.1. The second kappa shape index (κ2) is 6.07. The summed E-state index contributed by atoms with van der Waals surface area (Å²) in [6.45, 7) is 3.73. The number of benzene rings is 1. The van der Waals surface area contributed by atoms with Gasteiger partial charge in [0.25, 0.3) is 0 Å². The Morgan fingerprint density at radius 3 is 3.00 bits per heavy atom. The van der Waals surface area contributed by atoms with Gasteiger partial charge in [0.05, 0.1) is 13.2 Å². The molecule has 2 N–H and O–H groups in total. The van der Waals surface area contributed by atoms with Crippen LogP contribution in [0.2, 0.25) is 0 Å². The number of nitrogens with one attached hydrogen (secondary N) is 1. The van der Waals surface area contributed by atoms with E-state index >= 15 is 0 Å². The second-order valence-electron chi connectivity index (χ2n) is 4.73. The Balaban J connectivity index is 1.87. The van der Waals surface area contributed by atoms with Crippen molar-refractivity contribution in [1.29, 1.82) is 0 Å². The van der Waals surface area contributed by atoms with Gasteiger partial charge in [-0.1, -0.05) is 6.07 Å². The lowest BCUT2D eigenvalue weighted by molar-refractivity contribution is 0.0832. The van der Waals surface area contributed by atoms with Gasteiger partial charge in [0.15, 0.2) is 11.5 Å². The molecule has 2 rings (SSSR count). The predicted molar refractivity (Wildman–Crippen MR) is 69.9 cm³/mol. The largest absolute Gasteiger partial charge is 0.504 e. The van der Waals surface area contributed by atoms with Gasteiger partial charge in [-0.3, -0.25) is 0 Å². The van der Waals surface area contributed by atoms with E-state index in [-0.39, 0.29) is 5.75 Å². The highest BCUT2D eigenvalue weighted by atomic mass is 16.5. The van der Waals surface area contributed by atoms with Gasteiger partial charge in [-0.25, -0.2) is 0 Å². The van der Waals surface area contributed by atoms with Crippen molar-refractivity contribution in [2.24, 2.45) is 0 Å². The fourth-order valence-electron chi connectivity index (χ4n) is 2.25. The lowest BCUT2D eigenvalue weighted by Gasteiger charge is -2.20. The highest BCUT2D eigenvalue weighted by Gasteiger charge is 2.21. The summed E-state index contributed by atoms with van der Waals surface area (Å²) >= 11 is 0. The maximum atomic E-state index is 9.69. The first-order valence-electron chi connectivity index (χ1n) is 6.41. The summed E-state index contributed by atoms with van der Waals surface area (Å²) in [5, 5.41) is 13.1. The van der Waals surface area contributed by atoms with Crippen LogP contribution in [-0.2, 0) is 11.3 Å². The van der Waals surface area contributed by atoms with Crippen molar-refractivity contribution in [2.45, 2.75) is 38.5 Å². The highest BCUT2D eigenvalue weighted by Crippen LogP contribution is 2.26. The molecule has 18 heavy (non-hydrogen) atoms. The Morgan fingerprint density at radius 2 is 2.39 bits per heavy atom. The van der Waals surface area contributed by atoms with Crippen molar-refractivity contribution in [1.82, 2.24) is 5.32 Å². The Morgan fingerprint density at radius 1 is 1.56 bits per heavy atom.